The number of hydrogen-bond acceptors (Lipinski definition) is 6. The zero-order chi connectivity index (χ0) is 18.3. The van der Waals surface area contributed by atoms with Crippen molar-refractivity contribution in [3.05, 3.63) is 23.8 Å². The van der Waals surface area contributed by atoms with E-state index in [1.165, 1.54) is 7.11 Å². The highest BCUT2D eigenvalue weighted by Gasteiger charge is 2.25. The van der Waals surface area contributed by atoms with Crippen LogP contribution in [0, 0.1) is 0 Å². The van der Waals surface area contributed by atoms with E-state index >= 15 is 0 Å². The fraction of sp³-hybridized carbons (Fsp3) is 0.529. The van der Waals surface area contributed by atoms with Crippen molar-refractivity contribution in [1.82, 2.24) is 4.90 Å². The van der Waals surface area contributed by atoms with Crippen molar-refractivity contribution in [2.45, 2.75) is 32.8 Å². The van der Waals surface area contributed by atoms with E-state index in [9.17, 15) is 9.59 Å². The highest BCUT2D eigenvalue weighted by Crippen LogP contribution is 2.19. The Labute approximate surface area is 143 Å². The topological polar surface area (TPSA) is 93.9 Å². The number of likely N-dealkylation sites (tertiary alicyclic amines) is 1. The predicted molar refractivity (Wildman–Crippen MR) is 94.2 cm³/mol. The van der Waals surface area contributed by atoms with Crippen LogP contribution in [-0.4, -0.2) is 49.8 Å². The van der Waals surface area contributed by atoms with Crippen LogP contribution in [0.3, 0.4) is 0 Å². The number of anilines is 2. The van der Waals surface area contributed by atoms with E-state index < -0.39 is 0 Å². The Bertz CT molecular complexity index is 578. The van der Waals surface area contributed by atoms with Gasteiger partial charge in [-0.05, 0) is 45.4 Å². The molecule has 0 unspecified atom stereocenters. The van der Waals surface area contributed by atoms with Crippen LogP contribution in [-0.2, 0) is 9.47 Å². The van der Waals surface area contributed by atoms with Gasteiger partial charge in [0.1, 0.15) is 5.60 Å². The third kappa shape index (κ3) is 5.98. The second kappa shape index (κ2) is 8.42. The van der Waals surface area contributed by atoms with E-state index in [-0.39, 0.29) is 17.7 Å². The van der Waals surface area contributed by atoms with Gasteiger partial charge in [-0.2, -0.15) is 0 Å². The van der Waals surface area contributed by atoms with Gasteiger partial charge in [-0.3, -0.25) is 0 Å². The summed E-state index contributed by atoms with van der Waals surface area (Å²) in [6, 6.07) is 4.95. The Morgan fingerprint density at radius 2 is 1.88 bits per heavy atom. The summed E-state index contributed by atoms with van der Waals surface area (Å²) in [6.45, 7) is 7.35. The monoisotopic (exact) mass is 337 g/mol. The molecule has 0 saturated carbocycles. The number of esters is 1. The number of nitrogens with zero attached hydrogens (tertiary/aromatic N) is 1. The number of carbonyl (C=O) groups is 2. The first-order valence-corrected chi connectivity index (χ1v) is 7.81. The fourth-order valence-corrected chi connectivity index (χ4v) is 1.84. The summed E-state index contributed by atoms with van der Waals surface area (Å²) < 4.78 is 9.70. The second-order valence-electron chi connectivity index (χ2n) is 6.36. The molecule has 7 heteroatoms. The van der Waals surface area contributed by atoms with Gasteiger partial charge >= 0.3 is 12.1 Å². The number of rotatable bonds is 2. The molecule has 7 nitrogen and oxygen atoms in total. The van der Waals surface area contributed by atoms with Gasteiger partial charge in [-0.15, -0.1) is 0 Å². The van der Waals surface area contributed by atoms with E-state index in [0.717, 1.165) is 25.2 Å². The third-order valence-corrected chi connectivity index (χ3v) is 3.25. The lowest BCUT2D eigenvalue weighted by Crippen LogP contribution is -2.44. The van der Waals surface area contributed by atoms with Crippen LogP contribution in [0.15, 0.2) is 18.2 Å². The molecule has 1 fully saturated rings. The van der Waals surface area contributed by atoms with Crippen LogP contribution >= 0.6 is 0 Å². The molecule has 0 radical (unpaired) electrons. The van der Waals surface area contributed by atoms with Gasteiger partial charge in [0.05, 0.1) is 24.0 Å². The molecule has 1 saturated heterocycles. The first kappa shape index (κ1) is 19.6. The molecule has 1 amide bonds. The number of nitrogen functional groups attached to an aromatic ring is 1. The minimum absolute atomic E-state index is 0.177. The molecule has 1 aromatic rings. The van der Waals surface area contributed by atoms with Gasteiger partial charge in [-0.1, -0.05) is 0 Å². The first-order chi connectivity index (χ1) is 11.2. The number of amides is 1. The molecule has 1 aromatic carbocycles. The molecule has 0 atom stereocenters. The molecule has 2 rings (SSSR count). The quantitative estimate of drug-likeness (QED) is 0.636. The molecule has 0 spiro atoms. The zero-order valence-corrected chi connectivity index (χ0v) is 15.0. The summed E-state index contributed by atoms with van der Waals surface area (Å²) in [6.07, 6.45) is 0.933. The number of carbonyl (C=O) groups excluding carboxylic acids is 2. The lowest BCUT2D eigenvalue weighted by molar-refractivity contribution is 0.0130. The standard InChI is InChI=1S/C9H12N2O2.C8H15NO2/c1-11-8-5-6(9(12)13-2)3-4-7(8)10;1-8(2,3)11-7(10)9-5-4-6-9/h3-5,11H,10H2,1-2H3;4-6H2,1-3H3. The minimum Gasteiger partial charge on any atom is -0.465 e. The summed E-state index contributed by atoms with van der Waals surface area (Å²) >= 11 is 0. The summed E-state index contributed by atoms with van der Waals surface area (Å²) in [5.41, 5.74) is 7.09. The van der Waals surface area contributed by atoms with Crippen molar-refractivity contribution in [1.29, 1.82) is 0 Å². The Hall–Kier alpha value is -2.44. The average Bonchev–Trinajstić information content (AvgIpc) is 2.43. The van der Waals surface area contributed by atoms with E-state index in [1.54, 1.807) is 30.1 Å². The summed E-state index contributed by atoms with van der Waals surface area (Å²) in [4.78, 5) is 24.0. The molecule has 0 bridgehead atoms. The molecular weight excluding hydrogens is 310 g/mol. The maximum atomic E-state index is 11.1. The number of nitrogens with one attached hydrogen (secondary N) is 1. The molecule has 0 aliphatic carbocycles. The van der Waals surface area contributed by atoms with Gasteiger partial charge in [-0.25, -0.2) is 9.59 Å². The van der Waals surface area contributed by atoms with E-state index in [4.69, 9.17) is 10.5 Å². The summed E-state index contributed by atoms with van der Waals surface area (Å²) in [5.74, 6) is -0.364. The summed E-state index contributed by atoms with van der Waals surface area (Å²) in [7, 11) is 3.09. The normalized spacial score (nSPS) is 13.1. The number of benzene rings is 1. The first-order valence-electron chi connectivity index (χ1n) is 7.81. The number of hydrogen-bond donors (Lipinski definition) is 2. The van der Waals surface area contributed by atoms with Crippen LogP contribution in [0.4, 0.5) is 16.2 Å². The Morgan fingerprint density at radius 3 is 2.29 bits per heavy atom. The molecule has 1 aliphatic heterocycles. The minimum atomic E-state index is -0.364. The van der Waals surface area contributed by atoms with Gasteiger partial charge in [0, 0.05) is 20.1 Å². The lowest BCUT2D eigenvalue weighted by atomic mass is 10.2. The predicted octanol–water partition coefficient (Wildman–Crippen LogP) is 2.72. The van der Waals surface area contributed by atoms with E-state index in [1.807, 2.05) is 20.8 Å². The maximum absolute atomic E-state index is 11.1. The van der Waals surface area contributed by atoms with E-state index in [0.29, 0.717) is 11.3 Å². The van der Waals surface area contributed by atoms with Crippen LogP contribution < -0.4 is 11.1 Å². The van der Waals surface area contributed by atoms with Crippen molar-refractivity contribution < 1.29 is 19.1 Å². The van der Waals surface area contributed by atoms with Gasteiger partial charge < -0.3 is 25.4 Å². The molecule has 1 aliphatic rings. The highest BCUT2D eigenvalue weighted by molar-refractivity contribution is 5.91. The second-order valence-corrected chi connectivity index (χ2v) is 6.36. The maximum Gasteiger partial charge on any atom is 0.410 e. The number of nitrogens with two attached hydrogens (primary N) is 1. The SMILES string of the molecule is CC(C)(C)OC(=O)N1CCC1.CNc1cc(C(=O)OC)ccc1N. The Morgan fingerprint density at radius 1 is 1.25 bits per heavy atom. The zero-order valence-electron chi connectivity index (χ0n) is 15.0. The van der Waals surface area contributed by atoms with Crippen molar-refractivity contribution in [3.63, 3.8) is 0 Å². The molecule has 24 heavy (non-hydrogen) atoms. The Balaban J connectivity index is 0.000000243. The van der Waals surface area contributed by atoms with Crippen molar-refractivity contribution >= 4 is 23.4 Å². The van der Waals surface area contributed by atoms with Crippen molar-refractivity contribution in [2.24, 2.45) is 0 Å². The lowest BCUT2D eigenvalue weighted by Gasteiger charge is -2.32. The number of methoxy groups -OCH3 is 1. The van der Waals surface area contributed by atoms with Gasteiger partial charge in [0.15, 0.2) is 0 Å². The molecule has 1 heterocycles. The average molecular weight is 337 g/mol. The van der Waals surface area contributed by atoms with Crippen LogP contribution in [0.1, 0.15) is 37.6 Å². The third-order valence-electron chi connectivity index (χ3n) is 3.25. The number of ether oxygens (including phenoxy) is 2. The molecule has 134 valence electrons. The Kier molecular flexibility index (Phi) is 6.88. The molecular formula is C17H27N3O4. The fourth-order valence-electron chi connectivity index (χ4n) is 1.84. The smallest absolute Gasteiger partial charge is 0.410 e. The molecule has 0 aromatic heterocycles. The largest absolute Gasteiger partial charge is 0.465 e. The van der Waals surface area contributed by atoms with Crippen molar-refractivity contribution in [3.8, 4) is 0 Å². The highest BCUT2D eigenvalue weighted by atomic mass is 16.6. The van der Waals surface area contributed by atoms with E-state index in [2.05, 4.69) is 10.1 Å². The van der Waals surface area contributed by atoms with Crippen LogP contribution in [0.5, 0.6) is 0 Å². The summed E-state index contributed by atoms with van der Waals surface area (Å²) in [5, 5.41) is 2.88. The van der Waals surface area contributed by atoms with Crippen molar-refractivity contribution in [2.75, 3.05) is 38.3 Å². The van der Waals surface area contributed by atoms with Crippen LogP contribution in [0.25, 0.3) is 0 Å². The van der Waals surface area contributed by atoms with Gasteiger partial charge in [0.25, 0.3) is 0 Å². The van der Waals surface area contributed by atoms with Crippen LogP contribution in [0.2, 0.25) is 0 Å². The van der Waals surface area contributed by atoms with Gasteiger partial charge in [0.2, 0.25) is 0 Å². The molecule has 3 N–H and O–H groups in total.